The van der Waals surface area contributed by atoms with Crippen LogP contribution in [0.1, 0.15) is 40.9 Å². The summed E-state index contributed by atoms with van der Waals surface area (Å²) in [6, 6.07) is 5.63. The molecule has 3 heterocycles. The van der Waals surface area contributed by atoms with Crippen molar-refractivity contribution < 1.29 is 13.9 Å². The van der Waals surface area contributed by atoms with Gasteiger partial charge in [0.2, 0.25) is 0 Å². The maximum Gasteiger partial charge on any atom is 0.262 e. The fourth-order valence-electron chi connectivity index (χ4n) is 4.28. The number of nitrogens with one attached hydrogen (secondary N) is 1. The molecule has 0 spiro atoms. The third kappa shape index (κ3) is 3.07. The number of ether oxygens (including phenoxy) is 1. The summed E-state index contributed by atoms with van der Waals surface area (Å²) in [5.74, 6) is -0.385. The molecule has 2 atom stereocenters. The molecule has 4 rings (SSSR count). The van der Waals surface area contributed by atoms with Gasteiger partial charge in [-0.15, -0.1) is 11.3 Å². The van der Waals surface area contributed by atoms with E-state index in [0.29, 0.717) is 21.9 Å². The van der Waals surface area contributed by atoms with Crippen LogP contribution in [0.2, 0.25) is 0 Å². The van der Waals surface area contributed by atoms with Crippen molar-refractivity contribution in [2.24, 2.45) is 0 Å². The Hall–Kier alpha value is -1.50. The predicted octanol–water partition coefficient (Wildman–Crippen LogP) is 3.54. The van der Waals surface area contributed by atoms with E-state index < -0.39 is 0 Å². The Labute approximate surface area is 151 Å². The summed E-state index contributed by atoms with van der Waals surface area (Å²) in [5.41, 5.74) is 0.664. The van der Waals surface area contributed by atoms with Crippen molar-refractivity contribution in [2.45, 2.75) is 44.4 Å². The van der Waals surface area contributed by atoms with E-state index in [0.717, 1.165) is 30.6 Å². The fraction of sp³-hybridized carbons (Fsp3) is 0.526. The highest BCUT2D eigenvalue weighted by atomic mass is 32.1. The van der Waals surface area contributed by atoms with Gasteiger partial charge < -0.3 is 10.1 Å². The first-order valence-electron chi connectivity index (χ1n) is 8.93. The molecule has 1 amide bonds. The Morgan fingerprint density at radius 2 is 2.24 bits per heavy atom. The largest absolute Gasteiger partial charge is 0.380 e. The van der Waals surface area contributed by atoms with E-state index in [1.54, 1.807) is 13.2 Å². The zero-order valence-corrected chi connectivity index (χ0v) is 15.2. The van der Waals surface area contributed by atoms with Crippen LogP contribution in [0.25, 0.3) is 10.1 Å². The van der Waals surface area contributed by atoms with Gasteiger partial charge in [0, 0.05) is 41.4 Å². The van der Waals surface area contributed by atoms with E-state index >= 15 is 0 Å². The van der Waals surface area contributed by atoms with E-state index in [1.807, 2.05) is 6.07 Å². The maximum atomic E-state index is 14.3. The molecule has 2 aliphatic rings. The number of nitrogens with zero attached hydrogens (tertiary/aromatic N) is 1. The molecule has 2 aromatic rings. The van der Waals surface area contributed by atoms with Gasteiger partial charge >= 0.3 is 0 Å². The molecule has 0 unspecified atom stereocenters. The van der Waals surface area contributed by atoms with Crippen LogP contribution in [0.5, 0.6) is 0 Å². The van der Waals surface area contributed by atoms with Crippen molar-refractivity contribution in [3.8, 4) is 0 Å². The number of hydrogen-bond donors (Lipinski definition) is 1. The summed E-state index contributed by atoms with van der Waals surface area (Å²) in [4.78, 5) is 16.0. The number of halogens is 1. The summed E-state index contributed by atoms with van der Waals surface area (Å²) >= 11 is 1.35. The first-order chi connectivity index (χ1) is 12.2. The van der Waals surface area contributed by atoms with Crippen LogP contribution in [0, 0.1) is 5.82 Å². The first-order valence-corrected chi connectivity index (χ1v) is 9.74. The van der Waals surface area contributed by atoms with E-state index in [-0.39, 0.29) is 24.4 Å². The van der Waals surface area contributed by atoms with Crippen molar-refractivity contribution >= 4 is 27.3 Å². The van der Waals surface area contributed by atoms with Gasteiger partial charge in [-0.2, -0.15) is 0 Å². The minimum absolute atomic E-state index is 0.0925. The van der Waals surface area contributed by atoms with Gasteiger partial charge in [-0.25, -0.2) is 4.39 Å². The summed E-state index contributed by atoms with van der Waals surface area (Å²) in [6.45, 7) is 2.44. The Balaban J connectivity index is 1.61. The summed E-state index contributed by atoms with van der Waals surface area (Å²) in [6.07, 6.45) is 4.63. The highest BCUT2D eigenvalue weighted by Gasteiger charge is 2.36. The molecule has 0 bridgehead atoms. The van der Waals surface area contributed by atoms with E-state index in [9.17, 15) is 9.18 Å². The van der Waals surface area contributed by atoms with Gasteiger partial charge in [0.15, 0.2) is 0 Å². The third-order valence-electron chi connectivity index (χ3n) is 5.43. The molecule has 1 aromatic heterocycles. The number of methoxy groups -OCH3 is 1. The van der Waals surface area contributed by atoms with Crippen molar-refractivity contribution in [2.75, 3.05) is 20.2 Å². The number of amides is 1. The average molecular weight is 362 g/mol. The third-order valence-corrected chi connectivity index (χ3v) is 6.63. The lowest BCUT2D eigenvalue weighted by molar-refractivity contribution is 0.0915. The Morgan fingerprint density at radius 1 is 1.36 bits per heavy atom. The van der Waals surface area contributed by atoms with Crippen LogP contribution in [-0.2, 0) is 11.3 Å². The molecule has 25 heavy (non-hydrogen) atoms. The van der Waals surface area contributed by atoms with Crippen molar-refractivity contribution in [1.29, 1.82) is 0 Å². The highest BCUT2D eigenvalue weighted by Crippen LogP contribution is 2.34. The fourth-order valence-corrected chi connectivity index (χ4v) is 5.41. The average Bonchev–Trinajstić information content (AvgIpc) is 3.18. The Morgan fingerprint density at radius 3 is 3.08 bits per heavy atom. The van der Waals surface area contributed by atoms with Gasteiger partial charge in [-0.05, 0) is 37.9 Å². The zero-order chi connectivity index (χ0) is 17.4. The molecule has 6 heteroatoms. The maximum absolute atomic E-state index is 14.3. The Bertz CT molecular complexity index is 791. The molecule has 4 nitrogen and oxygen atoms in total. The first kappa shape index (κ1) is 16.9. The van der Waals surface area contributed by atoms with Crippen LogP contribution in [0.15, 0.2) is 18.2 Å². The van der Waals surface area contributed by atoms with E-state index in [2.05, 4.69) is 10.2 Å². The summed E-state index contributed by atoms with van der Waals surface area (Å²) in [5, 5.41) is 3.74. The van der Waals surface area contributed by atoms with Crippen molar-refractivity contribution in [3.63, 3.8) is 0 Å². The molecule has 134 valence electrons. The molecule has 2 saturated heterocycles. The van der Waals surface area contributed by atoms with Gasteiger partial charge in [0.1, 0.15) is 5.82 Å². The lowest BCUT2D eigenvalue weighted by atomic mass is 9.99. The SMILES string of the molecule is COCc1c(C(=O)N[C@H]2CCN3CCCC[C@@H]23)sc2cccc(F)c12. The number of hydrogen-bond acceptors (Lipinski definition) is 4. The number of rotatable bonds is 4. The monoisotopic (exact) mass is 362 g/mol. The number of thiophene rings is 1. The van der Waals surface area contributed by atoms with Gasteiger partial charge in [-0.3, -0.25) is 9.69 Å². The van der Waals surface area contributed by atoms with E-state index in [1.165, 1.54) is 30.2 Å². The molecule has 0 radical (unpaired) electrons. The molecular weight excluding hydrogens is 339 g/mol. The number of benzene rings is 1. The summed E-state index contributed by atoms with van der Waals surface area (Å²) in [7, 11) is 1.57. The normalized spacial score (nSPS) is 23.8. The lowest BCUT2D eigenvalue weighted by Crippen LogP contribution is -2.46. The molecule has 2 fully saturated rings. The van der Waals surface area contributed by atoms with Crippen molar-refractivity contribution in [3.05, 3.63) is 34.5 Å². The quantitative estimate of drug-likeness (QED) is 0.904. The van der Waals surface area contributed by atoms with Gasteiger partial charge in [0.25, 0.3) is 5.91 Å². The van der Waals surface area contributed by atoms with Crippen molar-refractivity contribution in [1.82, 2.24) is 10.2 Å². The van der Waals surface area contributed by atoms with Gasteiger partial charge in [0.05, 0.1) is 11.5 Å². The smallest absolute Gasteiger partial charge is 0.262 e. The minimum Gasteiger partial charge on any atom is -0.380 e. The minimum atomic E-state index is -0.292. The molecular formula is C19H23FN2O2S. The van der Waals surface area contributed by atoms with Crippen LogP contribution >= 0.6 is 11.3 Å². The summed E-state index contributed by atoms with van der Waals surface area (Å²) < 4.78 is 20.3. The number of carbonyl (C=O) groups is 1. The zero-order valence-electron chi connectivity index (χ0n) is 14.4. The second-order valence-electron chi connectivity index (χ2n) is 6.92. The van der Waals surface area contributed by atoms with Crippen LogP contribution in [-0.4, -0.2) is 43.1 Å². The van der Waals surface area contributed by atoms with Crippen LogP contribution in [0.4, 0.5) is 4.39 Å². The number of fused-ring (bicyclic) bond motifs is 2. The topological polar surface area (TPSA) is 41.6 Å². The van der Waals surface area contributed by atoms with E-state index in [4.69, 9.17) is 4.74 Å². The van der Waals surface area contributed by atoms with Crippen LogP contribution in [0.3, 0.4) is 0 Å². The lowest BCUT2D eigenvalue weighted by Gasteiger charge is -2.32. The second kappa shape index (κ2) is 7.02. The molecule has 1 N–H and O–H groups in total. The van der Waals surface area contributed by atoms with Crippen LogP contribution < -0.4 is 5.32 Å². The predicted molar refractivity (Wildman–Crippen MR) is 97.6 cm³/mol. The second-order valence-corrected chi connectivity index (χ2v) is 7.98. The molecule has 1 aromatic carbocycles. The number of carbonyl (C=O) groups excluding carboxylic acids is 1. The molecule has 0 saturated carbocycles. The highest BCUT2D eigenvalue weighted by molar-refractivity contribution is 7.21. The molecule has 2 aliphatic heterocycles. The standard InChI is InChI=1S/C19H23FN2O2S/c1-24-11-12-17-13(20)5-4-7-16(17)25-18(12)19(23)21-14-8-10-22-9-3-2-6-15(14)22/h4-5,7,14-15H,2-3,6,8-11H2,1H3,(H,21,23)/t14-,15-/m0/s1. The molecule has 0 aliphatic carbocycles. The Kier molecular flexibility index (Phi) is 4.75. The number of piperidine rings is 1. The van der Waals surface area contributed by atoms with Gasteiger partial charge in [-0.1, -0.05) is 12.5 Å².